The third-order valence-electron chi connectivity index (χ3n) is 4.39. The molecule has 0 aliphatic carbocycles. The number of aliphatic hydroxyl groups is 1. The van der Waals surface area contributed by atoms with Crippen molar-refractivity contribution in [2.24, 2.45) is 0 Å². The molecular weight excluding hydrogens is 292 g/mol. The Hall–Kier alpha value is -1.88. The smallest absolute Gasteiger partial charge is 0.225 e. The number of benzene rings is 1. The minimum Gasteiger partial charge on any atom is -0.385 e. The molecular formula is C18H26N2O3. The van der Waals surface area contributed by atoms with Gasteiger partial charge in [-0.3, -0.25) is 9.59 Å². The molecule has 5 nitrogen and oxygen atoms in total. The quantitative estimate of drug-likeness (QED) is 0.920. The van der Waals surface area contributed by atoms with E-state index in [1.165, 1.54) is 0 Å². The largest absolute Gasteiger partial charge is 0.385 e. The molecule has 23 heavy (non-hydrogen) atoms. The Kier molecular flexibility index (Phi) is 5.77. The Balaban J connectivity index is 1.97. The molecule has 126 valence electrons. The average Bonchev–Trinajstić information content (AvgIpc) is 2.80. The highest BCUT2D eigenvalue weighted by Gasteiger charge is 2.30. The van der Waals surface area contributed by atoms with E-state index in [-0.39, 0.29) is 18.2 Å². The van der Waals surface area contributed by atoms with Crippen LogP contribution in [-0.4, -0.2) is 52.9 Å². The van der Waals surface area contributed by atoms with E-state index in [0.717, 1.165) is 12.0 Å². The van der Waals surface area contributed by atoms with Crippen LogP contribution in [0.3, 0.4) is 0 Å². The van der Waals surface area contributed by atoms with Crippen LogP contribution in [0.25, 0.3) is 0 Å². The van der Waals surface area contributed by atoms with Crippen LogP contribution in [0.1, 0.15) is 38.7 Å². The number of rotatable bonds is 4. The number of hydrogen-bond donors (Lipinski definition) is 1. The predicted octanol–water partition coefficient (Wildman–Crippen LogP) is 1.76. The van der Waals surface area contributed by atoms with E-state index in [2.05, 4.69) is 0 Å². The van der Waals surface area contributed by atoms with Gasteiger partial charge in [-0.05, 0) is 18.9 Å². The highest BCUT2D eigenvalue weighted by atomic mass is 16.3. The van der Waals surface area contributed by atoms with Crippen molar-refractivity contribution in [2.75, 3.05) is 26.2 Å². The van der Waals surface area contributed by atoms with E-state index in [9.17, 15) is 14.7 Å². The Morgan fingerprint density at radius 3 is 2.17 bits per heavy atom. The second-order valence-electron chi connectivity index (χ2n) is 6.29. The summed E-state index contributed by atoms with van der Waals surface area (Å²) in [7, 11) is 0. The summed E-state index contributed by atoms with van der Waals surface area (Å²) in [6.45, 7) is 5.97. The second kappa shape index (κ2) is 7.59. The van der Waals surface area contributed by atoms with Crippen molar-refractivity contribution in [2.45, 2.75) is 38.7 Å². The first-order chi connectivity index (χ1) is 10.9. The van der Waals surface area contributed by atoms with Gasteiger partial charge in [0.2, 0.25) is 11.8 Å². The van der Waals surface area contributed by atoms with Crippen LogP contribution in [0.5, 0.6) is 0 Å². The first-order valence-corrected chi connectivity index (χ1v) is 8.27. The van der Waals surface area contributed by atoms with Gasteiger partial charge in [0, 0.05) is 32.6 Å². The first-order valence-electron chi connectivity index (χ1n) is 8.27. The van der Waals surface area contributed by atoms with E-state index in [4.69, 9.17) is 0 Å². The maximum Gasteiger partial charge on any atom is 0.225 e. The van der Waals surface area contributed by atoms with Crippen LogP contribution in [0.15, 0.2) is 30.3 Å². The first kappa shape index (κ1) is 17.5. The summed E-state index contributed by atoms with van der Waals surface area (Å²) >= 11 is 0. The lowest BCUT2D eigenvalue weighted by Gasteiger charge is -2.28. The van der Waals surface area contributed by atoms with Crippen LogP contribution in [0, 0.1) is 0 Å². The molecule has 1 aliphatic rings. The lowest BCUT2D eigenvalue weighted by atomic mass is 9.92. The van der Waals surface area contributed by atoms with Crippen molar-refractivity contribution in [1.29, 1.82) is 0 Å². The van der Waals surface area contributed by atoms with E-state index in [0.29, 0.717) is 32.6 Å². The van der Waals surface area contributed by atoms with Crippen LogP contribution in [0.2, 0.25) is 0 Å². The molecule has 0 spiro atoms. The summed E-state index contributed by atoms with van der Waals surface area (Å²) in [5.41, 5.74) is -0.435. The highest BCUT2D eigenvalue weighted by Crippen LogP contribution is 2.25. The van der Waals surface area contributed by atoms with Gasteiger partial charge >= 0.3 is 0 Å². The number of amides is 2. The Bertz CT molecular complexity index is 542. The van der Waals surface area contributed by atoms with Crippen molar-refractivity contribution in [3.63, 3.8) is 0 Å². The van der Waals surface area contributed by atoms with Crippen LogP contribution >= 0.6 is 0 Å². The zero-order valence-electron chi connectivity index (χ0n) is 14.0. The van der Waals surface area contributed by atoms with Crippen LogP contribution in [-0.2, 0) is 15.2 Å². The van der Waals surface area contributed by atoms with Gasteiger partial charge in [-0.1, -0.05) is 37.3 Å². The molecule has 1 fully saturated rings. The van der Waals surface area contributed by atoms with E-state index in [1.54, 1.807) is 11.8 Å². The summed E-state index contributed by atoms with van der Waals surface area (Å²) in [5.74, 6) is 0.0697. The second-order valence-corrected chi connectivity index (χ2v) is 6.29. The molecule has 1 atom stereocenters. The molecule has 1 heterocycles. The van der Waals surface area contributed by atoms with Gasteiger partial charge < -0.3 is 14.9 Å². The Labute approximate surface area is 137 Å². The molecule has 0 saturated carbocycles. The molecule has 2 rings (SSSR count). The lowest BCUT2D eigenvalue weighted by Crippen LogP contribution is -2.39. The van der Waals surface area contributed by atoms with Gasteiger partial charge in [0.15, 0.2) is 0 Å². The molecule has 0 aromatic heterocycles. The van der Waals surface area contributed by atoms with Gasteiger partial charge in [0.1, 0.15) is 0 Å². The minimum atomic E-state index is -1.18. The maximum atomic E-state index is 12.5. The number of carbonyl (C=O) groups is 2. The van der Waals surface area contributed by atoms with Crippen LogP contribution < -0.4 is 0 Å². The lowest BCUT2D eigenvalue weighted by molar-refractivity contribution is -0.137. The third kappa shape index (κ3) is 4.55. The van der Waals surface area contributed by atoms with Crippen molar-refractivity contribution in [1.82, 2.24) is 9.80 Å². The van der Waals surface area contributed by atoms with Gasteiger partial charge in [0.25, 0.3) is 0 Å². The topological polar surface area (TPSA) is 60.9 Å². The highest BCUT2D eigenvalue weighted by molar-refractivity contribution is 5.78. The Morgan fingerprint density at radius 1 is 1.04 bits per heavy atom. The summed E-state index contributed by atoms with van der Waals surface area (Å²) in [6, 6.07) is 9.26. The molecule has 1 aromatic carbocycles. The summed E-state index contributed by atoms with van der Waals surface area (Å²) in [6.07, 6.45) is 1.33. The van der Waals surface area contributed by atoms with E-state index >= 15 is 0 Å². The normalized spacial score (nSPS) is 18.2. The van der Waals surface area contributed by atoms with Crippen molar-refractivity contribution < 1.29 is 14.7 Å². The SMILES string of the molecule is CCC(=O)N1CCCN(C(=O)CC(C)(O)c2ccccc2)CC1. The molecule has 0 radical (unpaired) electrons. The van der Waals surface area contributed by atoms with Crippen LogP contribution in [0.4, 0.5) is 0 Å². The zero-order valence-corrected chi connectivity index (χ0v) is 14.0. The summed E-state index contributed by atoms with van der Waals surface area (Å²) in [5, 5.41) is 10.6. The standard InChI is InChI=1S/C18H26N2O3/c1-3-16(21)19-10-7-11-20(13-12-19)17(22)14-18(2,23)15-8-5-4-6-9-15/h4-6,8-9,23H,3,7,10-14H2,1-2H3. The summed E-state index contributed by atoms with van der Waals surface area (Å²) < 4.78 is 0. The monoisotopic (exact) mass is 318 g/mol. The number of hydrogen-bond acceptors (Lipinski definition) is 3. The fourth-order valence-electron chi connectivity index (χ4n) is 2.95. The van der Waals surface area contributed by atoms with Gasteiger partial charge in [0.05, 0.1) is 12.0 Å². The molecule has 1 saturated heterocycles. The van der Waals surface area contributed by atoms with Gasteiger partial charge in [-0.15, -0.1) is 0 Å². The molecule has 5 heteroatoms. The molecule has 1 aromatic rings. The van der Waals surface area contributed by atoms with Gasteiger partial charge in [-0.25, -0.2) is 0 Å². The fraction of sp³-hybridized carbons (Fsp3) is 0.556. The molecule has 1 aliphatic heterocycles. The predicted molar refractivity (Wildman–Crippen MR) is 88.7 cm³/mol. The van der Waals surface area contributed by atoms with Crippen molar-refractivity contribution in [3.05, 3.63) is 35.9 Å². The average molecular weight is 318 g/mol. The van der Waals surface area contributed by atoms with E-state index < -0.39 is 5.60 Å². The molecule has 1 N–H and O–H groups in total. The van der Waals surface area contributed by atoms with E-state index in [1.807, 2.05) is 42.2 Å². The third-order valence-corrected chi connectivity index (χ3v) is 4.39. The summed E-state index contributed by atoms with van der Waals surface area (Å²) in [4.78, 5) is 27.9. The molecule has 0 bridgehead atoms. The zero-order chi connectivity index (χ0) is 16.9. The minimum absolute atomic E-state index is 0.0543. The fourth-order valence-corrected chi connectivity index (χ4v) is 2.95. The molecule has 2 amide bonds. The number of carbonyl (C=O) groups excluding carboxylic acids is 2. The molecule has 1 unspecified atom stereocenters. The van der Waals surface area contributed by atoms with Crippen molar-refractivity contribution in [3.8, 4) is 0 Å². The number of nitrogens with zero attached hydrogens (tertiary/aromatic N) is 2. The van der Waals surface area contributed by atoms with Gasteiger partial charge in [-0.2, -0.15) is 0 Å². The van der Waals surface area contributed by atoms with Crippen molar-refractivity contribution >= 4 is 11.8 Å². The Morgan fingerprint density at radius 2 is 1.61 bits per heavy atom. The maximum absolute atomic E-state index is 12.5.